The predicted molar refractivity (Wildman–Crippen MR) is 74.7 cm³/mol. The highest BCUT2D eigenvalue weighted by Crippen LogP contribution is 2.36. The summed E-state index contributed by atoms with van der Waals surface area (Å²) in [4.78, 5) is 2.40. The third-order valence-electron chi connectivity index (χ3n) is 4.06. The maximum absolute atomic E-state index is 9.33. The second-order valence-corrected chi connectivity index (χ2v) is 5.91. The minimum Gasteiger partial charge on any atom is -0.392 e. The zero-order valence-electron chi connectivity index (χ0n) is 11.2. The van der Waals surface area contributed by atoms with Crippen LogP contribution in [0.2, 0.25) is 0 Å². The van der Waals surface area contributed by atoms with Crippen molar-refractivity contribution in [1.82, 2.24) is 0 Å². The van der Waals surface area contributed by atoms with Gasteiger partial charge in [-0.15, -0.1) is 0 Å². The van der Waals surface area contributed by atoms with Gasteiger partial charge < -0.3 is 10.0 Å². The van der Waals surface area contributed by atoms with E-state index in [9.17, 15) is 10.4 Å². The van der Waals surface area contributed by atoms with Gasteiger partial charge in [-0.25, -0.2) is 0 Å². The summed E-state index contributed by atoms with van der Waals surface area (Å²) in [6, 6.07) is 8.05. The molecule has 0 bridgehead atoms. The van der Waals surface area contributed by atoms with Crippen molar-refractivity contribution in [1.29, 1.82) is 5.26 Å². The minimum atomic E-state index is 0.000208. The highest BCUT2D eigenvalue weighted by atomic mass is 16.3. The van der Waals surface area contributed by atoms with Crippen LogP contribution in [0.25, 0.3) is 0 Å². The zero-order chi connectivity index (χ0) is 13.2. The second kappa shape index (κ2) is 5.22. The largest absolute Gasteiger partial charge is 0.392 e. The van der Waals surface area contributed by atoms with Gasteiger partial charge >= 0.3 is 0 Å². The first-order valence-electron chi connectivity index (χ1n) is 7.19. The van der Waals surface area contributed by atoms with Crippen LogP contribution >= 0.6 is 0 Å². The summed E-state index contributed by atoms with van der Waals surface area (Å²) in [7, 11) is 0. The van der Waals surface area contributed by atoms with E-state index in [2.05, 4.69) is 11.0 Å². The molecule has 0 spiro atoms. The molecule has 3 rings (SSSR count). The molecule has 0 aromatic heterocycles. The van der Waals surface area contributed by atoms with Crippen LogP contribution in [0.15, 0.2) is 18.2 Å². The highest BCUT2D eigenvalue weighted by molar-refractivity contribution is 5.60. The number of hydrogen-bond donors (Lipinski definition) is 1. The van der Waals surface area contributed by atoms with E-state index in [1.54, 1.807) is 0 Å². The van der Waals surface area contributed by atoms with Crippen LogP contribution in [-0.4, -0.2) is 18.2 Å². The number of anilines is 1. The molecular weight excluding hydrogens is 236 g/mol. The first kappa shape index (κ1) is 12.5. The molecule has 2 aliphatic carbocycles. The quantitative estimate of drug-likeness (QED) is 0.851. The first-order chi connectivity index (χ1) is 9.30. The first-order valence-corrected chi connectivity index (χ1v) is 7.19. The Balaban J connectivity index is 1.84. The van der Waals surface area contributed by atoms with Crippen LogP contribution in [0.4, 0.5) is 5.69 Å². The normalized spacial score (nSPS) is 18.1. The molecule has 3 heteroatoms. The molecule has 0 heterocycles. The Bertz CT molecular complexity index is 484. The Labute approximate surface area is 114 Å². The van der Waals surface area contributed by atoms with Crippen LogP contribution < -0.4 is 4.90 Å². The smallest absolute Gasteiger partial charge is 0.101 e. The maximum Gasteiger partial charge on any atom is 0.101 e. The van der Waals surface area contributed by atoms with E-state index in [-0.39, 0.29) is 6.61 Å². The fourth-order valence-electron chi connectivity index (χ4n) is 2.54. The van der Waals surface area contributed by atoms with Crippen LogP contribution in [0, 0.1) is 23.2 Å². The summed E-state index contributed by atoms with van der Waals surface area (Å²) >= 11 is 0. The topological polar surface area (TPSA) is 47.3 Å². The van der Waals surface area contributed by atoms with E-state index in [0.717, 1.165) is 36.2 Å². The summed E-state index contributed by atoms with van der Waals surface area (Å²) in [5.74, 6) is 1.64. The molecule has 2 saturated carbocycles. The van der Waals surface area contributed by atoms with Crippen molar-refractivity contribution in [2.75, 3.05) is 18.0 Å². The average Bonchev–Trinajstić information content (AvgIpc) is 3.32. The van der Waals surface area contributed by atoms with Gasteiger partial charge in [-0.2, -0.15) is 5.26 Å². The molecule has 0 radical (unpaired) electrons. The van der Waals surface area contributed by atoms with Gasteiger partial charge in [-0.1, -0.05) is 6.07 Å². The number of benzene rings is 1. The highest BCUT2D eigenvalue weighted by Gasteiger charge is 2.30. The van der Waals surface area contributed by atoms with Crippen LogP contribution in [0.5, 0.6) is 0 Å². The van der Waals surface area contributed by atoms with E-state index in [1.807, 2.05) is 18.2 Å². The Kier molecular flexibility index (Phi) is 3.44. The monoisotopic (exact) mass is 256 g/mol. The summed E-state index contributed by atoms with van der Waals surface area (Å²) < 4.78 is 0. The number of rotatable bonds is 6. The fraction of sp³-hybridized carbons (Fsp3) is 0.562. The molecule has 2 aliphatic rings. The van der Waals surface area contributed by atoms with E-state index < -0.39 is 0 Å². The van der Waals surface area contributed by atoms with Crippen molar-refractivity contribution in [3.8, 4) is 6.07 Å². The van der Waals surface area contributed by atoms with Crippen molar-refractivity contribution in [2.24, 2.45) is 11.8 Å². The van der Waals surface area contributed by atoms with Crippen LogP contribution in [0.1, 0.15) is 36.8 Å². The van der Waals surface area contributed by atoms with Crippen LogP contribution in [0.3, 0.4) is 0 Å². The number of hydrogen-bond acceptors (Lipinski definition) is 3. The molecule has 100 valence electrons. The summed E-state index contributed by atoms with van der Waals surface area (Å²) in [6.07, 6.45) is 5.32. The molecule has 1 aromatic rings. The van der Waals surface area contributed by atoms with E-state index in [0.29, 0.717) is 5.56 Å². The Morgan fingerprint density at radius 3 is 2.26 bits per heavy atom. The van der Waals surface area contributed by atoms with Crippen molar-refractivity contribution in [3.63, 3.8) is 0 Å². The van der Waals surface area contributed by atoms with Gasteiger partial charge in [0.25, 0.3) is 0 Å². The molecule has 0 unspecified atom stereocenters. The Morgan fingerprint density at radius 2 is 1.79 bits per heavy atom. The SMILES string of the molecule is N#Cc1cc(CO)ccc1N(CC1CC1)CC1CC1. The second-order valence-electron chi connectivity index (χ2n) is 5.91. The number of aliphatic hydroxyl groups excluding tert-OH is 1. The summed E-state index contributed by atoms with van der Waals surface area (Å²) in [5.41, 5.74) is 2.57. The van der Waals surface area contributed by atoms with E-state index in [4.69, 9.17) is 0 Å². The molecule has 1 aromatic carbocycles. The third kappa shape index (κ3) is 3.08. The zero-order valence-corrected chi connectivity index (χ0v) is 11.2. The van der Waals surface area contributed by atoms with Crippen molar-refractivity contribution >= 4 is 5.69 Å². The van der Waals surface area contributed by atoms with Gasteiger partial charge in [0.2, 0.25) is 0 Å². The fourth-order valence-corrected chi connectivity index (χ4v) is 2.54. The van der Waals surface area contributed by atoms with Gasteiger partial charge in [0.15, 0.2) is 0 Å². The summed E-state index contributed by atoms with van der Waals surface area (Å²) in [5, 5.41) is 18.5. The van der Waals surface area contributed by atoms with Gasteiger partial charge in [0, 0.05) is 13.1 Å². The lowest BCUT2D eigenvalue weighted by molar-refractivity contribution is 0.282. The standard InChI is InChI=1S/C16H20N2O/c17-8-15-7-14(11-19)5-6-16(15)18(9-12-1-2-12)10-13-3-4-13/h5-7,12-13,19H,1-4,9-11H2. The lowest BCUT2D eigenvalue weighted by atomic mass is 10.1. The van der Waals surface area contributed by atoms with Gasteiger partial charge in [0.1, 0.15) is 6.07 Å². The molecule has 1 N–H and O–H groups in total. The summed E-state index contributed by atoms with van der Waals surface area (Å²) in [6.45, 7) is 2.17. The average molecular weight is 256 g/mol. The van der Waals surface area contributed by atoms with Crippen molar-refractivity contribution < 1.29 is 5.11 Å². The lowest BCUT2D eigenvalue weighted by Gasteiger charge is -2.26. The van der Waals surface area contributed by atoms with E-state index in [1.165, 1.54) is 25.7 Å². The maximum atomic E-state index is 9.33. The number of nitrogens with zero attached hydrogens (tertiary/aromatic N) is 2. The molecule has 0 atom stereocenters. The molecular formula is C16H20N2O. The lowest BCUT2D eigenvalue weighted by Crippen LogP contribution is -2.28. The predicted octanol–water partition coefficient (Wildman–Crippen LogP) is 2.68. The van der Waals surface area contributed by atoms with Gasteiger partial charge in [-0.3, -0.25) is 0 Å². The van der Waals surface area contributed by atoms with Crippen molar-refractivity contribution in [2.45, 2.75) is 32.3 Å². The van der Waals surface area contributed by atoms with E-state index >= 15 is 0 Å². The molecule has 0 saturated heterocycles. The minimum absolute atomic E-state index is 0.000208. The molecule has 3 nitrogen and oxygen atoms in total. The molecule has 2 fully saturated rings. The third-order valence-corrected chi connectivity index (χ3v) is 4.06. The number of aliphatic hydroxyl groups is 1. The van der Waals surface area contributed by atoms with Crippen molar-refractivity contribution in [3.05, 3.63) is 29.3 Å². The Morgan fingerprint density at radius 1 is 1.16 bits per heavy atom. The molecule has 0 aliphatic heterocycles. The van der Waals surface area contributed by atoms with Crippen LogP contribution in [-0.2, 0) is 6.61 Å². The Hall–Kier alpha value is -1.53. The molecule has 19 heavy (non-hydrogen) atoms. The number of nitriles is 1. The van der Waals surface area contributed by atoms with Gasteiger partial charge in [-0.05, 0) is 55.2 Å². The molecule has 0 amide bonds. The van der Waals surface area contributed by atoms with Gasteiger partial charge in [0.05, 0.1) is 17.9 Å².